The lowest BCUT2D eigenvalue weighted by Crippen LogP contribution is -2.44. The monoisotopic (exact) mass is 374 g/mol. The van der Waals surface area contributed by atoms with Crippen molar-refractivity contribution in [3.8, 4) is 0 Å². The highest BCUT2D eigenvalue weighted by atomic mass is 127. The first-order valence-electron chi connectivity index (χ1n) is 6.06. The van der Waals surface area contributed by atoms with Gasteiger partial charge in [-0.1, -0.05) is 35.9 Å². The van der Waals surface area contributed by atoms with E-state index in [1.165, 1.54) is 32.1 Å². The van der Waals surface area contributed by atoms with Gasteiger partial charge < -0.3 is 8.85 Å². The summed E-state index contributed by atoms with van der Waals surface area (Å²) in [6.45, 7) is 2.22. The third-order valence-electron chi connectivity index (χ3n) is 3.19. The Bertz CT molecular complexity index is 202. The van der Waals surface area contributed by atoms with Gasteiger partial charge in [-0.05, 0) is 31.4 Å². The summed E-state index contributed by atoms with van der Waals surface area (Å²) in [6.07, 6.45) is 6.49. The van der Waals surface area contributed by atoms with Crippen LogP contribution in [0.2, 0.25) is 5.54 Å². The van der Waals surface area contributed by atoms with Crippen LogP contribution in [0.15, 0.2) is 0 Å². The Morgan fingerprint density at radius 3 is 2.50 bits per heavy atom. The summed E-state index contributed by atoms with van der Waals surface area (Å²) in [5.41, 5.74) is 0.676. The maximum atomic E-state index is 5.85. The topological polar surface area (TPSA) is 18.5 Å². The van der Waals surface area contributed by atoms with E-state index in [-0.39, 0.29) is 0 Å². The normalized spacial score (nSPS) is 27.0. The van der Waals surface area contributed by atoms with E-state index in [0.29, 0.717) is 5.54 Å². The van der Waals surface area contributed by atoms with Crippen molar-refractivity contribution in [2.24, 2.45) is 0 Å². The minimum atomic E-state index is -1.99. The van der Waals surface area contributed by atoms with Crippen molar-refractivity contribution in [2.45, 2.75) is 48.5 Å². The summed E-state index contributed by atoms with van der Waals surface area (Å²) >= 11 is 4.55. The second-order valence-corrected chi connectivity index (χ2v) is 12.2. The minimum Gasteiger partial charge on any atom is -0.390 e. The fourth-order valence-electron chi connectivity index (χ4n) is 2.35. The lowest BCUT2D eigenvalue weighted by molar-refractivity contribution is 0.244. The Morgan fingerprint density at radius 1 is 1.31 bits per heavy atom. The molecule has 0 radical (unpaired) electrons. The standard InChI is InChI=1S/C11H23IO2SSi/c1-4-8-15-16(13-2,14-3)11-7-5-6-10(12)9-11/h10-11H,4-9H2,1-3H3. The number of halogens is 1. The summed E-state index contributed by atoms with van der Waals surface area (Å²) in [6, 6.07) is 0. The molecule has 0 N–H and O–H groups in total. The van der Waals surface area contributed by atoms with Gasteiger partial charge in [0.05, 0.1) is 0 Å². The fourth-order valence-corrected chi connectivity index (χ4v) is 10.3. The summed E-state index contributed by atoms with van der Waals surface area (Å²) in [5.74, 6) is 1.16. The van der Waals surface area contributed by atoms with Crippen molar-refractivity contribution < 1.29 is 8.85 Å². The first-order chi connectivity index (χ1) is 7.68. The Morgan fingerprint density at radius 2 is 2.00 bits per heavy atom. The van der Waals surface area contributed by atoms with Crippen LogP contribution in [0, 0.1) is 0 Å². The van der Waals surface area contributed by atoms with Gasteiger partial charge in [0, 0.05) is 23.7 Å². The maximum absolute atomic E-state index is 5.85. The molecule has 2 nitrogen and oxygen atoms in total. The zero-order valence-corrected chi connectivity index (χ0v) is 14.5. The second kappa shape index (κ2) is 7.61. The van der Waals surface area contributed by atoms with Crippen LogP contribution in [0.3, 0.4) is 0 Å². The van der Waals surface area contributed by atoms with Crippen molar-refractivity contribution in [3.05, 3.63) is 0 Å². The number of alkyl halides is 1. The van der Waals surface area contributed by atoms with Gasteiger partial charge in [0.2, 0.25) is 0 Å². The molecule has 1 saturated carbocycles. The molecule has 1 aliphatic carbocycles. The molecule has 0 bridgehead atoms. The molecule has 0 aromatic heterocycles. The summed E-state index contributed by atoms with van der Waals surface area (Å²) < 4.78 is 12.5. The summed E-state index contributed by atoms with van der Waals surface area (Å²) in [4.78, 5) is 0. The summed E-state index contributed by atoms with van der Waals surface area (Å²) in [5, 5.41) is 0. The second-order valence-electron chi connectivity index (χ2n) is 4.32. The molecule has 0 spiro atoms. The molecule has 2 atom stereocenters. The highest BCUT2D eigenvalue weighted by Crippen LogP contribution is 2.45. The van der Waals surface area contributed by atoms with Crippen LogP contribution in [0.25, 0.3) is 0 Å². The van der Waals surface area contributed by atoms with Crippen molar-refractivity contribution in [1.29, 1.82) is 0 Å². The predicted octanol–water partition coefficient (Wildman–Crippen LogP) is 4.11. The Balaban J connectivity index is 2.66. The van der Waals surface area contributed by atoms with Crippen LogP contribution in [0.4, 0.5) is 0 Å². The van der Waals surface area contributed by atoms with Gasteiger partial charge in [-0.2, -0.15) is 0 Å². The first kappa shape index (κ1) is 15.3. The van der Waals surface area contributed by atoms with E-state index in [1.807, 2.05) is 25.4 Å². The molecule has 2 unspecified atom stereocenters. The first-order valence-corrected chi connectivity index (χ1v) is 10.9. The highest BCUT2D eigenvalue weighted by Gasteiger charge is 2.46. The molecule has 96 valence electrons. The van der Waals surface area contributed by atoms with E-state index in [4.69, 9.17) is 8.85 Å². The molecule has 1 rings (SSSR count). The van der Waals surface area contributed by atoms with Crippen molar-refractivity contribution in [2.75, 3.05) is 20.0 Å². The minimum absolute atomic E-state index is 0.676. The molecule has 0 saturated heterocycles. The zero-order chi connectivity index (χ0) is 12.0. The predicted molar refractivity (Wildman–Crippen MR) is 82.5 cm³/mol. The average molecular weight is 374 g/mol. The maximum Gasteiger partial charge on any atom is 0.408 e. The molecule has 0 aliphatic heterocycles. The van der Waals surface area contributed by atoms with Gasteiger partial charge in [-0.15, -0.1) is 11.2 Å². The molecular formula is C11H23IO2SSi. The molecule has 16 heavy (non-hydrogen) atoms. The van der Waals surface area contributed by atoms with Gasteiger partial charge in [-0.25, -0.2) is 0 Å². The smallest absolute Gasteiger partial charge is 0.390 e. The van der Waals surface area contributed by atoms with Crippen LogP contribution in [0.5, 0.6) is 0 Å². The highest BCUT2D eigenvalue weighted by molar-refractivity contribution is 14.1. The van der Waals surface area contributed by atoms with Crippen molar-refractivity contribution in [3.63, 3.8) is 0 Å². The third kappa shape index (κ3) is 3.86. The quantitative estimate of drug-likeness (QED) is 0.396. The molecule has 1 fully saturated rings. The Hall–Kier alpha value is 1.22. The molecular weight excluding hydrogens is 351 g/mol. The van der Waals surface area contributed by atoms with Gasteiger partial charge in [0.1, 0.15) is 0 Å². The van der Waals surface area contributed by atoms with Gasteiger partial charge in [0.15, 0.2) is 0 Å². The largest absolute Gasteiger partial charge is 0.408 e. The molecule has 5 heteroatoms. The van der Waals surface area contributed by atoms with E-state index < -0.39 is 7.71 Å². The Kier molecular flexibility index (Phi) is 7.26. The zero-order valence-electron chi connectivity index (χ0n) is 10.5. The molecule has 0 heterocycles. The molecule has 1 aliphatic rings. The van der Waals surface area contributed by atoms with Crippen LogP contribution >= 0.6 is 33.8 Å². The lowest BCUT2D eigenvalue weighted by Gasteiger charge is -2.37. The number of rotatable bonds is 6. The van der Waals surface area contributed by atoms with E-state index in [9.17, 15) is 0 Å². The van der Waals surface area contributed by atoms with E-state index in [2.05, 4.69) is 29.5 Å². The van der Waals surface area contributed by atoms with E-state index in [0.717, 1.165) is 9.68 Å². The summed E-state index contributed by atoms with van der Waals surface area (Å²) in [7, 11) is 1.69. The number of hydrogen-bond acceptors (Lipinski definition) is 3. The van der Waals surface area contributed by atoms with E-state index >= 15 is 0 Å². The average Bonchev–Trinajstić information content (AvgIpc) is 2.31. The van der Waals surface area contributed by atoms with Crippen LogP contribution in [0.1, 0.15) is 39.0 Å². The van der Waals surface area contributed by atoms with Crippen molar-refractivity contribution in [1.82, 2.24) is 0 Å². The van der Waals surface area contributed by atoms with Crippen LogP contribution < -0.4 is 0 Å². The van der Waals surface area contributed by atoms with Gasteiger partial charge >= 0.3 is 7.71 Å². The van der Waals surface area contributed by atoms with Gasteiger partial charge in [-0.3, -0.25) is 0 Å². The third-order valence-corrected chi connectivity index (χ3v) is 11.8. The number of hydrogen-bond donors (Lipinski definition) is 0. The van der Waals surface area contributed by atoms with Gasteiger partial charge in [0.25, 0.3) is 0 Å². The van der Waals surface area contributed by atoms with E-state index in [1.54, 1.807) is 0 Å². The lowest BCUT2D eigenvalue weighted by atomic mass is 10.0. The molecule has 0 aromatic rings. The van der Waals surface area contributed by atoms with Crippen molar-refractivity contribution >= 4 is 41.5 Å². The Labute approximate surface area is 118 Å². The van der Waals surface area contributed by atoms with Crippen LogP contribution in [-0.2, 0) is 8.85 Å². The SMILES string of the molecule is CCCS[Si](OC)(OC)C1CCCC(I)C1. The molecule has 0 amide bonds. The van der Waals surface area contributed by atoms with Crippen LogP contribution in [-0.4, -0.2) is 31.6 Å². The fraction of sp³-hybridized carbons (Fsp3) is 1.00. The molecule has 0 aromatic carbocycles.